The summed E-state index contributed by atoms with van der Waals surface area (Å²) < 4.78 is 5.15. The molecule has 1 aromatic heterocycles. The molecule has 1 unspecified atom stereocenters. The first kappa shape index (κ1) is 11.6. The largest absolute Gasteiger partial charge is 0.497 e. The van der Waals surface area contributed by atoms with E-state index >= 15 is 0 Å². The Bertz CT molecular complexity index is 496. The number of hydrogen-bond acceptors (Lipinski definition) is 4. The number of nitrogens with two attached hydrogens (primary N) is 1. The molecule has 17 heavy (non-hydrogen) atoms. The van der Waals surface area contributed by atoms with E-state index in [2.05, 4.69) is 9.97 Å². The number of aromatic amines is 1. The second-order valence-corrected chi connectivity index (χ2v) is 3.70. The van der Waals surface area contributed by atoms with Gasteiger partial charge >= 0.3 is 0 Å². The number of ether oxygens (including phenoxy) is 1. The molecule has 0 amide bonds. The summed E-state index contributed by atoms with van der Waals surface area (Å²) in [5.74, 6) is 1.36. The summed E-state index contributed by atoms with van der Waals surface area (Å²) in [4.78, 5) is 7.22. The van der Waals surface area contributed by atoms with Gasteiger partial charge in [-0.05, 0) is 12.1 Å². The van der Waals surface area contributed by atoms with Crippen molar-refractivity contribution >= 4 is 0 Å². The molecule has 0 saturated carbocycles. The minimum absolute atomic E-state index is 0.134. The normalized spacial score (nSPS) is 12.4. The molecule has 1 aromatic carbocycles. The number of rotatable bonds is 4. The first-order valence-electron chi connectivity index (χ1n) is 5.30. The van der Waals surface area contributed by atoms with Gasteiger partial charge in [0.15, 0.2) is 0 Å². The molecule has 0 bridgehead atoms. The van der Waals surface area contributed by atoms with Crippen LogP contribution in [0.4, 0.5) is 0 Å². The molecule has 5 nitrogen and oxygen atoms in total. The van der Waals surface area contributed by atoms with Crippen molar-refractivity contribution in [3.05, 3.63) is 36.3 Å². The average molecular weight is 233 g/mol. The van der Waals surface area contributed by atoms with Gasteiger partial charge in [-0.25, -0.2) is 4.98 Å². The Labute approximate surface area is 99.3 Å². The molecule has 1 atom stereocenters. The van der Waals surface area contributed by atoms with Crippen molar-refractivity contribution in [1.82, 2.24) is 9.97 Å². The molecule has 0 aliphatic rings. The van der Waals surface area contributed by atoms with Crippen molar-refractivity contribution in [2.45, 2.75) is 6.04 Å². The topological polar surface area (TPSA) is 84.2 Å². The molecule has 2 aromatic rings. The molecule has 0 radical (unpaired) electrons. The summed E-state index contributed by atoms with van der Waals surface area (Å²) in [6.45, 7) is -0.134. The molecule has 0 aliphatic heterocycles. The summed E-state index contributed by atoms with van der Waals surface area (Å²) in [5.41, 5.74) is 7.49. The number of H-pyrrole nitrogens is 1. The highest BCUT2D eigenvalue weighted by Crippen LogP contribution is 2.22. The first-order chi connectivity index (χ1) is 8.24. The quantitative estimate of drug-likeness (QED) is 0.737. The second-order valence-electron chi connectivity index (χ2n) is 3.70. The zero-order valence-corrected chi connectivity index (χ0v) is 9.55. The van der Waals surface area contributed by atoms with Gasteiger partial charge in [-0.15, -0.1) is 0 Å². The lowest BCUT2D eigenvalue weighted by Gasteiger charge is -2.04. The Hall–Kier alpha value is -1.85. The maximum Gasteiger partial charge on any atom is 0.125 e. The highest BCUT2D eigenvalue weighted by atomic mass is 16.5. The van der Waals surface area contributed by atoms with Gasteiger partial charge in [-0.1, -0.05) is 12.1 Å². The number of nitrogens with zero attached hydrogens (tertiary/aromatic N) is 1. The number of benzene rings is 1. The summed E-state index contributed by atoms with van der Waals surface area (Å²) in [7, 11) is 1.62. The number of aromatic nitrogens is 2. The predicted octanol–water partition coefficient (Wildman–Crippen LogP) is 1.08. The van der Waals surface area contributed by atoms with Crippen LogP contribution in [0.5, 0.6) is 5.75 Å². The first-order valence-corrected chi connectivity index (χ1v) is 5.30. The Morgan fingerprint density at radius 2 is 2.35 bits per heavy atom. The third-order valence-corrected chi connectivity index (χ3v) is 2.52. The Kier molecular flexibility index (Phi) is 3.41. The van der Waals surface area contributed by atoms with Crippen LogP contribution in [-0.4, -0.2) is 28.8 Å². The Morgan fingerprint density at radius 3 is 3.06 bits per heavy atom. The van der Waals surface area contributed by atoms with Crippen LogP contribution in [0.25, 0.3) is 11.3 Å². The molecular formula is C12H15N3O2. The van der Waals surface area contributed by atoms with Crippen LogP contribution in [0.15, 0.2) is 30.5 Å². The molecule has 2 rings (SSSR count). The number of aliphatic hydroxyl groups is 1. The molecule has 5 heteroatoms. The highest BCUT2D eigenvalue weighted by molar-refractivity contribution is 5.60. The molecule has 0 aliphatic carbocycles. The minimum Gasteiger partial charge on any atom is -0.497 e. The summed E-state index contributed by atoms with van der Waals surface area (Å²) in [6.07, 6.45) is 1.69. The van der Waals surface area contributed by atoms with E-state index in [1.54, 1.807) is 13.3 Å². The maximum atomic E-state index is 8.95. The SMILES string of the molecule is COc1cccc(-c2cnc(C(N)CO)[nH]2)c1. The lowest BCUT2D eigenvalue weighted by Crippen LogP contribution is -2.15. The third kappa shape index (κ3) is 2.46. The lowest BCUT2D eigenvalue weighted by molar-refractivity contribution is 0.264. The van der Waals surface area contributed by atoms with Crippen LogP contribution >= 0.6 is 0 Å². The molecule has 1 heterocycles. The molecule has 0 spiro atoms. The number of hydrogen-bond donors (Lipinski definition) is 3. The van der Waals surface area contributed by atoms with Crippen LogP contribution in [0.1, 0.15) is 11.9 Å². The van der Waals surface area contributed by atoms with E-state index in [4.69, 9.17) is 15.6 Å². The fourth-order valence-corrected chi connectivity index (χ4v) is 1.55. The van der Waals surface area contributed by atoms with E-state index in [0.717, 1.165) is 17.0 Å². The number of imidazole rings is 1. The summed E-state index contributed by atoms with van der Waals surface area (Å²) in [6, 6.07) is 7.15. The molecule has 4 N–H and O–H groups in total. The fraction of sp³-hybridized carbons (Fsp3) is 0.250. The van der Waals surface area contributed by atoms with Crippen molar-refractivity contribution in [2.24, 2.45) is 5.73 Å². The number of aliphatic hydroxyl groups excluding tert-OH is 1. The van der Waals surface area contributed by atoms with Gasteiger partial charge in [0.2, 0.25) is 0 Å². The standard InChI is InChI=1S/C12H15N3O2/c1-17-9-4-2-3-8(5-9)11-6-14-12(15-11)10(13)7-16/h2-6,10,16H,7,13H2,1H3,(H,14,15). The van der Waals surface area contributed by atoms with Crippen LogP contribution < -0.4 is 10.5 Å². The van der Waals surface area contributed by atoms with Gasteiger partial charge in [-0.2, -0.15) is 0 Å². The van der Waals surface area contributed by atoms with Gasteiger partial charge in [-0.3, -0.25) is 0 Å². The molecular weight excluding hydrogens is 218 g/mol. The lowest BCUT2D eigenvalue weighted by atomic mass is 10.1. The average Bonchev–Trinajstić information content (AvgIpc) is 2.87. The number of nitrogens with one attached hydrogen (secondary N) is 1. The van der Waals surface area contributed by atoms with Crippen LogP contribution in [-0.2, 0) is 0 Å². The second kappa shape index (κ2) is 4.99. The van der Waals surface area contributed by atoms with Gasteiger partial charge in [0.05, 0.1) is 31.6 Å². The van der Waals surface area contributed by atoms with Crippen molar-refractivity contribution < 1.29 is 9.84 Å². The molecule has 0 saturated heterocycles. The van der Waals surface area contributed by atoms with E-state index in [9.17, 15) is 0 Å². The van der Waals surface area contributed by atoms with Crippen LogP contribution in [0.3, 0.4) is 0 Å². The zero-order chi connectivity index (χ0) is 12.3. The Morgan fingerprint density at radius 1 is 1.53 bits per heavy atom. The van der Waals surface area contributed by atoms with Crippen molar-refractivity contribution in [3.8, 4) is 17.0 Å². The third-order valence-electron chi connectivity index (χ3n) is 2.52. The smallest absolute Gasteiger partial charge is 0.125 e. The van der Waals surface area contributed by atoms with E-state index in [1.807, 2.05) is 24.3 Å². The van der Waals surface area contributed by atoms with Gasteiger partial charge < -0.3 is 20.6 Å². The molecule has 0 fully saturated rings. The van der Waals surface area contributed by atoms with E-state index in [0.29, 0.717) is 5.82 Å². The summed E-state index contributed by atoms with van der Waals surface area (Å²) >= 11 is 0. The van der Waals surface area contributed by atoms with Gasteiger partial charge in [0.1, 0.15) is 11.6 Å². The van der Waals surface area contributed by atoms with E-state index < -0.39 is 6.04 Å². The maximum absolute atomic E-state index is 8.95. The number of methoxy groups -OCH3 is 1. The predicted molar refractivity (Wildman–Crippen MR) is 64.6 cm³/mol. The zero-order valence-electron chi connectivity index (χ0n) is 9.55. The Balaban J connectivity index is 2.30. The fourth-order valence-electron chi connectivity index (χ4n) is 1.55. The monoisotopic (exact) mass is 233 g/mol. The van der Waals surface area contributed by atoms with Crippen LogP contribution in [0, 0.1) is 0 Å². The highest BCUT2D eigenvalue weighted by Gasteiger charge is 2.10. The van der Waals surface area contributed by atoms with Crippen molar-refractivity contribution in [2.75, 3.05) is 13.7 Å². The minimum atomic E-state index is -0.477. The van der Waals surface area contributed by atoms with E-state index in [1.165, 1.54) is 0 Å². The van der Waals surface area contributed by atoms with Crippen molar-refractivity contribution in [3.63, 3.8) is 0 Å². The van der Waals surface area contributed by atoms with Crippen molar-refractivity contribution in [1.29, 1.82) is 0 Å². The molecule has 90 valence electrons. The van der Waals surface area contributed by atoms with Gasteiger partial charge in [0.25, 0.3) is 0 Å². The van der Waals surface area contributed by atoms with E-state index in [-0.39, 0.29) is 6.61 Å². The van der Waals surface area contributed by atoms with Crippen LogP contribution in [0.2, 0.25) is 0 Å². The van der Waals surface area contributed by atoms with Gasteiger partial charge in [0, 0.05) is 5.56 Å². The summed E-state index contributed by atoms with van der Waals surface area (Å²) in [5, 5.41) is 8.95.